The Morgan fingerprint density at radius 2 is 1.95 bits per heavy atom. The number of anilines is 1. The number of benzene rings is 1. The predicted octanol–water partition coefficient (Wildman–Crippen LogP) is 3.10. The lowest BCUT2D eigenvalue weighted by Crippen LogP contribution is -2.06. The maximum atomic E-state index is 12.7. The number of nitrogens with zero attached hydrogens (tertiary/aromatic N) is 2. The summed E-state index contributed by atoms with van der Waals surface area (Å²) in [7, 11) is 0. The van der Waals surface area contributed by atoms with Crippen LogP contribution in [0.5, 0.6) is 0 Å². The number of aromatic amines is 2. The number of azo groups is 1. The van der Waals surface area contributed by atoms with Gasteiger partial charge in [-0.1, -0.05) is 6.07 Å². The zero-order chi connectivity index (χ0) is 16.3. The van der Waals surface area contributed by atoms with Crippen molar-refractivity contribution in [2.24, 2.45) is 10.2 Å². The second kappa shape index (κ2) is 5.84. The molecule has 2 aromatic rings. The number of carbonyl (C=O) groups excluding carboxylic acids is 1. The van der Waals surface area contributed by atoms with E-state index in [4.69, 9.17) is 0 Å². The number of nitrogens with one attached hydrogen (secondary N) is 3. The molecule has 0 saturated carbocycles. The molecule has 1 heterocycles. The van der Waals surface area contributed by atoms with E-state index in [9.17, 15) is 22.8 Å². The van der Waals surface area contributed by atoms with Crippen LogP contribution in [0, 0.1) is 0 Å². The van der Waals surface area contributed by atoms with E-state index in [2.05, 4.69) is 15.5 Å². The smallest absolute Gasteiger partial charge is 0.326 e. The van der Waals surface area contributed by atoms with Gasteiger partial charge in [-0.15, -0.1) is 5.11 Å². The van der Waals surface area contributed by atoms with Gasteiger partial charge in [-0.05, 0) is 18.2 Å². The summed E-state index contributed by atoms with van der Waals surface area (Å²) in [4.78, 5) is 22.3. The van der Waals surface area contributed by atoms with Crippen LogP contribution >= 0.6 is 0 Å². The average molecular weight is 313 g/mol. The lowest BCUT2D eigenvalue weighted by atomic mass is 10.3. The quantitative estimate of drug-likeness (QED) is 0.758. The molecule has 22 heavy (non-hydrogen) atoms. The van der Waals surface area contributed by atoms with Gasteiger partial charge >= 0.3 is 6.18 Å². The van der Waals surface area contributed by atoms with E-state index in [0.717, 1.165) is 0 Å². The van der Waals surface area contributed by atoms with Crippen molar-refractivity contribution >= 4 is 23.0 Å². The van der Waals surface area contributed by atoms with Crippen LogP contribution in [0.4, 0.5) is 30.2 Å². The molecule has 0 aliphatic heterocycles. The first-order chi connectivity index (χ1) is 10.3. The largest absolute Gasteiger partial charge is 0.435 e. The molecule has 3 N–H and O–H groups in total. The molecule has 0 radical (unpaired) electrons. The number of rotatable bonds is 3. The fourth-order valence-corrected chi connectivity index (χ4v) is 1.61. The van der Waals surface area contributed by atoms with E-state index in [1.54, 1.807) is 16.3 Å². The van der Waals surface area contributed by atoms with Gasteiger partial charge in [0.1, 0.15) is 0 Å². The number of aromatic nitrogens is 2. The lowest BCUT2D eigenvalue weighted by Gasteiger charge is -2.03. The Kier molecular flexibility index (Phi) is 4.11. The minimum atomic E-state index is -4.76. The minimum Gasteiger partial charge on any atom is -0.326 e. The zero-order valence-corrected chi connectivity index (χ0v) is 11.2. The summed E-state index contributed by atoms with van der Waals surface area (Å²) in [5, 5.41) is 12.9. The van der Waals surface area contributed by atoms with Gasteiger partial charge < -0.3 is 5.32 Å². The van der Waals surface area contributed by atoms with Crippen molar-refractivity contribution in [1.29, 1.82) is 0 Å². The molecule has 1 amide bonds. The van der Waals surface area contributed by atoms with Crippen LogP contribution in [0.1, 0.15) is 12.6 Å². The first-order valence-corrected chi connectivity index (χ1v) is 5.94. The molecule has 116 valence electrons. The van der Waals surface area contributed by atoms with Crippen LogP contribution in [-0.4, -0.2) is 16.1 Å². The van der Waals surface area contributed by atoms with E-state index in [-0.39, 0.29) is 11.6 Å². The highest BCUT2D eigenvalue weighted by Crippen LogP contribution is 2.33. The Labute approximate surface area is 121 Å². The van der Waals surface area contributed by atoms with Crippen LogP contribution < -0.4 is 10.9 Å². The molecule has 0 atom stereocenters. The molecule has 0 aliphatic rings. The molecule has 0 aliphatic carbocycles. The van der Waals surface area contributed by atoms with Gasteiger partial charge in [-0.25, -0.2) is 0 Å². The summed E-state index contributed by atoms with van der Waals surface area (Å²) < 4.78 is 38.0. The number of hydrogen-bond donors (Lipinski definition) is 3. The molecular formula is C12H10F3N5O2. The second-order valence-electron chi connectivity index (χ2n) is 4.23. The highest BCUT2D eigenvalue weighted by Gasteiger charge is 2.37. The van der Waals surface area contributed by atoms with Crippen LogP contribution in [0.2, 0.25) is 0 Å². The maximum absolute atomic E-state index is 12.7. The lowest BCUT2D eigenvalue weighted by molar-refractivity contribution is -0.140. The summed E-state index contributed by atoms with van der Waals surface area (Å²) in [6, 6.07) is 5.97. The monoisotopic (exact) mass is 313 g/mol. The van der Waals surface area contributed by atoms with Crippen molar-refractivity contribution in [3.05, 3.63) is 40.3 Å². The van der Waals surface area contributed by atoms with Crippen molar-refractivity contribution in [2.75, 3.05) is 5.32 Å². The summed E-state index contributed by atoms with van der Waals surface area (Å²) in [5.41, 5.74) is -2.62. The molecule has 0 spiro atoms. The van der Waals surface area contributed by atoms with E-state index < -0.39 is 23.1 Å². The van der Waals surface area contributed by atoms with E-state index in [1.807, 2.05) is 0 Å². The van der Waals surface area contributed by atoms with Crippen molar-refractivity contribution < 1.29 is 18.0 Å². The van der Waals surface area contributed by atoms with Gasteiger partial charge in [-0.2, -0.15) is 18.3 Å². The molecule has 0 bridgehead atoms. The van der Waals surface area contributed by atoms with Gasteiger partial charge in [-0.3, -0.25) is 19.8 Å². The molecular weight excluding hydrogens is 303 g/mol. The Morgan fingerprint density at radius 3 is 2.59 bits per heavy atom. The van der Waals surface area contributed by atoms with Crippen molar-refractivity contribution in [3.8, 4) is 0 Å². The fraction of sp³-hybridized carbons (Fsp3) is 0.167. The normalized spacial score (nSPS) is 11.8. The number of halogens is 3. The Bertz CT molecular complexity index is 776. The highest BCUT2D eigenvalue weighted by molar-refractivity contribution is 5.89. The third kappa shape index (κ3) is 3.59. The summed E-state index contributed by atoms with van der Waals surface area (Å²) in [6.45, 7) is 1.31. The van der Waals surface area contributed by atoms with Gasteiger partial charge in [0.25, 0.3) is 5.56 Å². The zero-order valence-electron chi connectivity index (χ0n) is 11.2. The average Bonchev–Trinajstić information content (AvgIpc) is 2.77. The number of H-pyrrole nitrogens is 2. The van der Waals surface area contributed by atoms with Crippen molar-refractivity contribution in [3.63, 3.8) is 0 Å². The number of hydrogen-bond acceptors (Lipinski definition) is 4. The first-order valence-electron chi connectivity index (χ1n) is 5.94. The summed E-state index contributed by atoms with van der Waals surface area (Å²) in [6.07, 6.45) is -4.76. The van der Waals surface area contributed by atoms with Crippen LogP contribution in [-0.2, 0) is 11.0 Å². The summed E-state index contributed by atoms with van der Waals surface area (Å²) >= 11 is 0. The van der Waals surface area contributed by atoms with Gasteiger partial charge in [0, 0.05) is 12.6 Å². The van der Waals surface area contributed by atoms with Gasteiger partial charge in [0.15, 0.2) is 11.4 Å². The molecule has 0 unspecified atom stereocenters. The number of carbonyl (C=O) groups is 1. The fourth-order valence-electron chi connectivity index (χ4n) is 1.61. The molecule has 1 aromatic heterocycles. The van der Waals surface area contributed by atoms with Gasteiger partial charge in [0.2, 0.25) is 5.91 Å². The molecule has 0 fully saturated rings. The molecule has 1 aromatic carbocycles. The first kappa shape index (κ1) is 15.5. The van der Waals surface area contributed by atoms with Crippen LogP contribution in [0.3, 0.4) is 0 Å². The highest BCUT2D eigenvalue weighted by atomic mass is 19.4. The number of amides is 1. The summed E-state index contributed by atoms with van der Waals surface area (Å²) in [5.74, 6) is -0.310. The third-order valence-corrected chi connectivity index (χ3v) is 2.47. The Balaban J connectivity index is 2.32. The van der Waals surface area contributed by atoms with Crippen LogP contribution in [0.25, 0.3) is 0 Å². The van der Waals surface area contributed by atoms with E-state index in [1.165, 1.54) is 25.1 Å². The topological polar surface area (TPSA) is 102 Å². The van der Waals surface area contributed by atoms with Crippen molar-refractivity contribution in [1.82, 2.24) is 10.2 Å². The standard InChI is InChI=1S/C12H10F3N5O2/c1-6(21)16-7-3-2-4-8(5-7)17-18-9-10(12(13,14)15)19-20-11(9)22/h2-5H,1H3,(H,16,21)(H2,19,20,22). The SMILES string of the molecule is CC(=O)Nc1cccc(N=Nc2c(C(F)(F)F)[nH][nH]c2=O)c1. The molecule has 2 rings (SSSR count). The Morgan fingerprint density at radius 1 is 1.23 bits per heavy atom. The maximum Gasteiger partial charge on any atom is 0.435 e. The van der Waals surface area contributed by atoms with E-state index >= 15 is 0 Å². The molecule has 0 saturated heterocycles. The Hall–Kier alpha value is -2.91. The second-order valence-corrected chi connectivity index (χ2v) is 4.23. The third-order valence-electron chi connectivity index (χ3n) is 2.47. The van der Waals surface area contributed by atoms with Crippen LogP contribution in [0.15, 0.2) is 39.3 Å². The molecule has 7 nitrogen and oxygen atoms in total. The number of alkyl halides is 3. The molecule has 10 heteroatoms. The van der Waals surface area contributed by atoms with Crippen molar-refractivity contribution in [2.45, 2.75) is 13.1 Å². The predicted molar refractivity (Wildman–Crippen MR) is 71.3 cm³/mol. The van der Waals surface area contributed by atoms with Gasteiger partial charge in [0.05, 0.1) is 5.69 Å². The van der Waals surface area contributed by atoms with E-state index in [0.29, 0.717) is 5.69 Å². The minimum absolute atomic E-state index is 0.181.